The predicted octanol–water partition coefficient (Wildman–Crippen LogP) is 1.13. The molecule has 0 aliphatic carbocycles. The molecule has 0 spiro atoms. The van der Waals surface area contributed by atoms with Crippen LogP contribution in [0.2, 0.25) is 0 Å². The summed E-state index contributed by atoms with van der Waals surface area (Å²) in [4.78, 5) is 8.56. The molecule has 60 valence electrons. The highest BCUT2D eigenvalue weighted by Crippen LogP contribution is 1.88. The third-order valence-corrected chi connectivity index (χ3v) is 0.777. The van der Waals surface area contributed by atoms with Gasteiger partial charge >= 0.3 is 6.16 Å². The average molecular weight is 147 g/mol. The van der Waals surface area contributed by atoms with Gasteiger partial charge in [-0.3, -0.25) is 0 Å². The molecule has 0 saturated heterocycles. The van der Waals surface area contributed by atoms with Crippen LogP contribution in [0.5, 0.6) is 0 Å². The van der Waals surface area contributed by atoms with Gasteiger partial charge in [-0.25, -0.2) is 4.79 Å². The Morgan fingerprint density at radius 3 is 1.70 bits per heavy atom. The van der Waals surface area contributed by atoms with Gasteiger partial charge in [0.1, 0.15) is 0 Å². The summed E-state index contributed by atoms with van der Waals surface area (Å²) in [7, 11) is 0. The van der Waals surface area contributed by atoms with E-state index in [1.807, 2.05) is 13.8 Å². The first kappa shape index (κ1) is 11.7. The Bertz CT molecular complexity index is 116. The SMILES string of the molecule is C=C(C)C(C)N.O=C(O)O. The number of carboxylic acid groups (broad SMARTS) is 2. The van der Waals surface area contributed by atoms with Crippen LogP contribution in [0.15, 0.2) is 12.2 Å². The van der Waals surface area contributed by atoms with E-state index in [0.29, 0.717) is 0 Å². The third kappa shape index (κ3) is 28.2. The average Bonchev–Trinajstić information content (AvgIpc) is 1.63. The maximum absolute atomic E-state index is 8.56. The summed E-state index contributed by atoms with van der Waals surface area (Å²) < 4.78 is 0. The van der Waals surface area contributed by atoms with Crippen molar-refractivity contribution in [3.05, 3.63) is 12.2 Å². The third-order valence-electron chi connectivity index (χ3n) is 0.777. The van der Waals surface area contributed by atoms with E-state index in [2.05, 4.69) is 6.58 Å². The monoisotopic (exact) mass is 147 g/mol. The first-order chi connectivity index (χ1) is 4.37. The molecule has 0 radical (unpaired) electrons. The Kier molecular flexibility index (Phi) is 7.15. The molecule has 0 aromatic carbocycles. The number of hydrogen-bond acceptors (Lipinski definition) is 2. The molecular weight excluding hydrogens is 134 g/mol. The first-order valence-corrected chi connectivity index (χ1v) is 2.70. The molecule has 0 heterocycles. The minimum Gasteiger partial charge on any atom is -0.450 e. The van der Waals surface area contributed by atoms with Crippen LogP contribution >= 0.6 is 0 Å². The summed E-state index contributed by atoms with van der Waals surface area (Å²) in [6, 6.07) is 0.157. The highest BCUT2D eigenvalue weighted by Gasteiger charge is 1.87. The van der Waals surface area contributed by atoms with Gasteiger partial charge in [-0.05, 0) is 13.8 Å². The quantitative estimate of drug-likeness (QED) is 0.485. The summed E-state index contributed by atoms with van der Waals surface area (Å²) in [5.41, 5.74) is 6.37. The first-order valence-electron chi connectivity index (χ1n) is 2.70. The van der Waals surface area contributed by atoms with Crippen LogP contribution in [-0.4, -0.2) is 22.4 Å². The second-order valence-electron chi connectivity index (χ2n) is 1.92. The van der Waals surface area contributed by atoms with Crippen LogP contribution in [0.1, 0.15) is 13.8 Å². The fourth-order valence-corrected chi connectivity index (χ4v) is 0. The zero-order valence-corrected chi connectivity index (χ0v) is 6.16. The van der Waals surface area contributed by atoms with Gasteiger partial charge < -0.3 is 15.9 Å². The van der Waals surface area contributed by atoms with Crippen LogP contribution in [0.25, 0.3) is 0 Å². The van der Waals surface area contributed by atoms with Crippen molar-refractivity contribution in [1.29, 1.82) is 0 Å². The lowest BCUT2D eigenvalue weighted by Crippen LogP contribution is -2.14. The van der Waals surface area contributed by atoms with Gasteiger partial charge in [0.15, 0.2) is 0 Å². The smallest absolute Gasteiger partial charge is 0.450 e. The van der Waals surface area contributed by atoms with Gasteiger partial charge in [0.25, 0.3) is 0 Å². The minimum absolute atomic E-state index is 0.157. The van der Waals surface area contributed by atoms with Crippen molar-refractivity contribution in [3.63, 3.8) is 0 Å². The Hall–Kier alpha value is -1.03. The van der Waals surface area contributed by atoms with Crippen LogP contribution in [0, 0.1) is 0 Å². The number of carbonyl (C=O) groups is 1. The normalized spacial score (nSPS) is 10.7. The molecule has 4 heteroatoms. The molecule has 1 atom stereocenters. The zero-order chi connectivity index (χ0) is 8.73. The second kappa shape index (κ2) is 6.10. The molecule has 0 aromatic heterocycles. The molecule has 4 N–H and O–H groups in total. The topological polar surface area (TPSA) is 83.6 Å². The van der Waals surface area contributed by atoms with E-state index in [4.69, 9.17) is 20.7 Å². The van der Waals surface area contributed by atoms with Gasteiger partial charge in [-0.15, -0.1) is 0 Å². The summed E-state index contributed by atoms with van der Waals surface area (Å²) in [5.74, 6) is 0. The number of nitrogens with two attached hydrogens (primary N) is 1. The van der Waals surface area contributed by atoms with Crippen LogP contribution in [0.4, 0.5) is 4.79 Å². The van der Waals surface area contributed by atoms with Gasteiger partial charge in [0.2, 0.25) is 0 Å². The maximum atomic E-state index is 8.56. The Morgan fingerprint density at radius 1 is 1.60 bits per heavy atom. The minimum atomic E-state index is -1.83. The molecule has 4 nitrogen and oxygen atoms in total. The number of hydrogen-bond donors (Lipinski definition) is 3. The van der Waals surface area contributed by atoms with E-state index >= 15 is 0 Å². The Morgan fingerprint density at radius 2 is 1.70 bits per heavy atom. The molecule has 0 amide bonds. The van der Waals surface area contributed by atoms with E-state index in [0.717, 1.165) is 5.57 Å². The lowest BCUT2D eigenvalue weighted by molar-refractivity contribution is 0.137. The zero-order valence-electron chi connectivity index (χ0n) is 6.16. The fourth-order valence-electron chi connectivity index (χ4n) is 0. The molecule has 0 aromatic rings. The summed E-state index contributed by atoms with van der Waals surface area (Å²) in [5, 5.41) is 13.9. The Balaban J connectivity index is 0. The molecule has 0 saturated carbocycles. The predicted molar refractivity (Wildman–Crippen MR) is 39.1 cm³/mol. The van der Waals surface area contributed by atoms with Crippen LogP contribution < -0.4 is 5.73 Å². The Labute approximate surface area is 60.0 Å². The second-order valence-corrected chi connectivity index (χ2v) is 1.92. The van der Waals surface area contributed by atoms with Crippen LogP contribution in [-0.2, 0) is 0 Å². The van der Waals surface area contributed by atoms with Crippen molar-refractivity contribution in [2.24, 2.45) is 5.73 Å². The van der Waals surface area contributed by atoms with Crippen molar-refractivity contribution in [2.75, 3.05) is 0 Å². The van der Waals surface area contributed by atoms with Crippen molar-refractivity contribution in [1.82, 2.24) is 0 Å². The summed E-state index contributed by atoms with van der Waals surface area (Å²) >= 11 is 0. The number of rotatable bonds is 1. The molecular formula is C6H13NO3. The van der Waals surface area contributed by atoms with Crippen molar-refractivity contribution < 1.29 is 15.0 Å². The summed E-state index contributed by atoms with van der Waals surface area (Å²) in [6.07, 6.45) is -1.83. The van der Waals surface area contributed by atoms with E-state index < -0.39 is 6.16 Å². The summed E-state index contributed by atoms with van der Waals surface area (Å²) in [6.45, 7) is 7.47. The lowest BCUT2D eigenvalue weighted by Gasteiger charge is -1.98. The van der Waals surface area contributed by atoms with Gasteiger partial charge in [-0.1, -0.05) is 12.2 Å². The highest BCUT2D eigenvalue weighted by molar-refractivity contribution is 5.53. The molecule has 10 heavy (non-hydrogen) atoms. The largest absolute Gasteiger partial charge is 0.503 e. The lowest BCUT2D eigenvalue weighted by atomic mass is 10.2. The van der Waals surface area contributed by atoms with Gasteiger partial charge in [-0.2, -0.15) is 0 Å². The molecule has 1 unspecified atom stereocenters. The van der Waals surface area contributed by atoms with Gasteiger partial charge in [0, 0.05) is 6.04 Å². The molecule has 0 fully saturated rings. The van der Waals surface area contributed by atoms with E-state index in [9.17, 15) is 0 Å². The molecule has 0 bridgehead atoms. The maximum Gasteiger partial charge on any atom is 0.503 e. The van der Waals surface area contributed by atoms with Crippen molar-refractivity contribution in [2.45, 2.75) is 19.9 Å². The van der Waals surface area contributed by atoms with E-state index in [1.54, 1.807) is 0 Å². The van der Waals surface area contributed by atoms with Crippen molar-refractivity contribution in [3.8, 4) is 0 Å². The van der Waals surface area contributed by atoms with E-state index in [-0.39, 0.29) is 6.04 Å². The standard InChI is InChI=1S/C5H11N.CH2O3/c1-4(2)5(3)6;2-1(3)4/h5H,1,6H2,2-3H3;(H2,2,3,4). The molecule has 0 rings (SSSR count). The molecule has 0 aliphatic heterocycles. The fraction of sp³-hybridized carbons (Fsp3) is 0.500. The van der Waals surface area contributed by atoms with Gasteiger partial charge in [0.05, 0.1) is 0 Å². The molecule has 0 aliphatic rings. The van der Waals surface area contributed by atoms with Crippen molar-refractivity contribution >= 4 is 6.16 Å². The van der Waals surface area contributed by atoms with Crippen LogP contribution in [0.3, 0.4) is 0 Å². The highest BCUT2D eigenvalue weighted by atomic mass is 16.6. The van der Waals surface area contributed by atoms with E-state index in [1.165, 1.54) is 0 Å².